The van der Waals surface area contributed by atoms with Crippen molar-refractivity contribution in [3.63, 3.8) is 0 Å². The summed E-state index contributed by atoms with van der Waals surface area (Å²) in [6.07, 6.45) is 0. The van der Waals surface area contributed by atoms with Crippen molar-refractivity contribution in [3.8, 4) is 0 Å². The molecule has 0 amide bonds. The summed E-state index contributed by atoms with van der Waals surface area (Å²) in [6, 6.07) is 0. The van der Waals surface area contributed by atoms with Crippen LogP contribution in [0.3, 0.4) is 0 Å². The maximum Gasteiger partial charge on any atom is 3.00 e. The number of hydrogen-bond donors (Lipinski definition) is 0. The smallest absolute Gasteiger partial charge is 0.793 e. The molecule has 0 aromatic rings. The topological polar surface area (TPSA) is 96.9 Å². The van der Waals surface area contributed by atoms with E-state index in [9.17, 15) is 14.7 Å². The van der Waals surface area contributed by atoms with Crippen molar-refractivity contribution in [1.82, 2.24) is 0 Å². The van der Waals surface area contributed by atoms with Crippen molar-refractivity contribution in [3.05, 3.63) is 0 Å². The Hall–Kier alpha value is 3.28. The summed E-state index contributed by atoms with van der Waals surface area (Å²) < 4.78 is 15.5. The Morgan fingerprint density at radius 3 is 0.750 bits per heavy atom. The van der Waals surface area contributed by atoms with Gasteiger partial charge in [-0.15, -0.1) is 34.1 Å². The number of rotatable bonds is 18. The van der Waals surface area contributed by atoms with Gasteiger partial charge in [-0.25, -0.2) is 0 Å². The van der Waals surface area contributed by atoms with Gasteiger partial charge in [0.05, 0.1) is 19.8 Å². The molecule has 3 unspecified atom stereocenters. The molecule has 16 heteroatoms. The van der Waals surface area contributed by atoms with Crippen molar-refractivity contribution in [2.24, 2.45) is 35.5 Å². The minimum atomic E-state index is -2.80. The van der Waals surface area contributed by atoms with E-state index in [4.69, 9.17) is 49.0 Å². The molecule has 6 nitrogen and oxygen atoms in total. The summed E-state index contributed by atoms with van der Waals surface area (Å²) in [5.41, 5.74) is -8.40. The molecule has 0 bridgehead atoms. The summed E-state index contributed by atoms with van der Waals surface area (Å²) in [4.78, 5) is 34.7. The van der Waals surface area contributed by atoms with Gasteiger partial charge in [0.15, 0.2) is 0 Å². The molecule has 0 rings (SSSR count). The molecule has 245 valence electrons. The van der Waals surface area contributed by atoms with E-state index in [0.29, 0.717) is 55.3 Å². The largest absolute Gasteiger partial charge is 3.00 e. The predicted molar refractivity (Wildman–Crippen MR) is 187 cm³/mol. The van der Waals surface area contributed by atoms with Crippen molar-refractivity contribution < 1.29 is 45.3 Å². The van der Waals surface area contributed by atoms with Gasteiger partial charge in [-0.3, -0.25) is 0 Å². The van der Waals surface area contributed by atoms with Gasteiger partial charge in [-0.05, 0) is 35.5 Å². The molecule has 0 saturated heterocycles. The minimum Gasteiger partial charge on any atom is -0.793 e. The van der Waals surface area contributed by atoms with Gasteiger partial charge in [0.2, 0.25) is 0 Å². The third-order valence-corrected chi connectivity index (χ3v) is 17.1. The second-order valence-corrected chi connectivity index (χ2v) is 29.8. The van der Waals surface area contributed by atoms with Crippen molar-refractivity contribution in [2.45, 2.75) is 83.1 Å². The van der Waals surface area contributed by atoms with E-state index < -0.39 is 17.1 Å². The molecule has 0 N–H and O–H groups in total. The van der Waals surface area contributed by atoms with E-state index >= 15 is 0 Å². The Bertz CT molecular complexity index is 603. The fraction of sp³-hybridized carbons (Fsp3) is 1.00. The minimum absolute atomic E-state index is 0. The van der Waals surface area contributed by atoms with Gasteiger partial charge in [0.25, 0.3) is 0 Å². The zero-order valence-corrected chi connectivity index (χ0v) is 35.0. The third kappa shape index (κ3) is 43.4. The van der Waals surface area contributed by atoms with Crippen LogP contribution in [0.1, 0.15) is 83.1 Å². The van der Waals surface area contributed by atoms with Crippen LogP contribution in [0.4, 0.5) is 0 Å². The molecule has 0 aliphatic heterocycles. The summed E-state index contributed by atoms with van der Waals surface area (Å²) in [5, 5.41) is 0. The van der Waals surface area contributed by atoms with Gasteiger partial charge in [-0.2, -0.15) is 0 Å². The number of hydrogen-bond acceptors (Lipinski definition) is 12. The van der Waals surface area contributed by atoms with E-state index in [1.54, 1.807) is 0 Å². The van der Waals surface area contributed by atoms with Crippen molar-refractivity contribution >= 4 is 86.6 Å². The van der Waals surface area contributed by atoms with Crippen LogP contribution < -0.4 is 14.7 Å². The van der Waals surface area contributed by atoms with E-state index in [1.807, 2.05) is 41.5 Å². The molecule has 40 heavy (non-hydrogen) atoms. The van der Waals surface area contributed by atoms with Gasteiger partial charge >= 0.3 is 17.1 Å². The first-order chi connectivity index (χ1) is 17.5. The molecule has 0 heterocycles. The fourth-order valence-corrected chi connectivity index (χ4v) is 12.4. The Labute approximate surface area is 285 Å². The summed E-state index contributed by atoms with van der Waals surface area (Å²) in [7, 11) is 0. The zero-order valence-electron chi connectivity index (χ0n) is 26.3. The van der Waals surface area contributed by atoms with Crippen molar-refractivity contribution in [2.75, 3.05) is 37.1 Å². The average molecular weight is 780 g/mol. The predicted octanol–water partition coefficient (Wildman–Crippen LogP) is 7.90. The first-order valence-electron chi connectivity index (χ1n) is 13.3. The Kier molecular flexibility index (Phi) is 34.3. The molecular weight excluding hydrogens is 725 g/mol. The van der Waals surface area contributed by atoms with Crippen LogP contribution in [0, 0.1) is 35.5 Å². The summed E-state index contributed by atoms with van der Waals surface area (Å²) in [5.74, 6) is 5.08. The van der Waals surface area contributed by atoms with Gasteiger partial charge < -0.3 is 28.3 Å². The molecule has 0 aromatic carbocycles. The molecule has 0 aromatic heterocycles. The fourth-order valence-electron chi connectivity index (χ4n) is 1.55. The molecule has 0 spiro atoms. The molecule has 0 aliphatic carbocycles. The normalized spacial score (nSPS) is 16.1. The molecule has 1 radical (unpaired) electrons. The summed E-state index contributed by atoms with van der Waals surface area (Å²) in [6.45, 7) is 26.0. The second-order valence-electron chi connectivity index (χ2n) is 11.5. The van der Waals surface area contributed by atoms with E-state index in [0.717, 1.165) is 17.3 Å². The van der Waals surface area contributed by atoms with E-state index in [-0.39, 0.29) is 17.1 Å². The monoisotopic (exact) mass is 779 g/mol. The molecular formula is C24H54FeO6P3S6. The Morgan fingerprint density at radius 1 is 0.450 bits per heavy atom. The molecule has 3 atom stereocenters. The van der Waals surface area contributed by atoms with E-state index in [2.05, 4.69) is 41.5 Å². The quantitative estimate of drug-likeness (QED) is 0.100. The van der Waals surface area contributed by atoms with Crippen molar-refractivity contribution in [1.29, 1.82) is 0 Å². The Morgan fingerprint density at radius 2 is 0.625 bits per heavy atom. The average Bonchev–Trinajstić information content (AvgIpc) is 2.78. The maximum absolute atomic E-state index is 11.6. The third-order valence-electron chi connectivity index (χ3n) is 3.40. The van der Waals surface area contributed by atoms with Crippen LogP contribution in [0.5, 0.6) is 0 Å². The van der Waals surface area contributed by atoms with Crippen LogP contribution in [0.25, 0.3) is 0 Å². The van der Waals surface area contributed by atoms with Gasteiger partial charge in [0.1, 0.15) is 0 Å². The maximum atomic E-state index is 11.6. The second kappa shape index (κ2) is 27.4. The van der Waals surface area contributed by atoms with E-state index in [1.165, 1.54) is 34.1 Å². The van der Waals surface area contributed by atoms with Crippen LogP contribution >= 0.6 is 51.2 Å². The van der Waals surface area contributed by atoms with Crippen LogP contribution in [-0.2, 0) is 66.1 Å². The van der Waals surface area contributed by atoms with Gasteiger partial charge in [-0.1, -0.05) is 119 Å². The van der Waals surface area contributed by atoms with Crippen LogP contribution in [0.2, 0.25) is 0 Å². The van der Waals surface area contributed by atoms with Gasteiger partial charge in [0, 0.05) is 34.3 Å². The first kappa shape index (κ1) is 50.1. The summed E-state index contributed by atoms with van der Waals surface area (Å²) >= 11 is 18.5. The standard InChI is InChI=1S/3C8H19O2PS2.Fe/c3*1-7(2)5-10-11(9,12)13-6-8(3)4;/h3*7-8H,5-6H2,1-4H3,(H,9,12);/q;;;+3/p-3. The molecule has 0 saturated carbocycles. The molecule has 0 fully saturated rings. The van der Waals surface area contributed by atoms with Crippen LogP contribution in [-0.4, -0.2) is 37.1 Å². The zero-order chi connectivity index (χ0) is 31.4. The first-order valence-corrected chi connectivity index (χ1v) is 26.0. The SMILES string of the molecule is CC(C)COP([O-])(=S)SCC(C)C.CC(C)COP([O-])(=S)SCC(C)C.CC(C)COP([O-])(=S)SCC(C)C.[Fe+3]. The van der Waals surface area contributed by atoms with Crippen LogP contribution in [0.15, 0.2) is 0 Å². The Balaban J connectivity index is -0.000000240. The molecule has 0 aliphatic rings.